The van der Waals surface area contributed by atoms with Gasteiger partial charge in [0.1, 0.15) is 12.4 Å². The quantitative estimate of drug-likeness (QED) is 0.256. The highest BCUT2D eigenvalue weighted by Crippen LogP contribution is 2.31. The van der Waals surface area contributed by atoms with Gasteiger partial charge in [-0.2, -0.15) is 0 Å². The molecule has 3 N–H and O–H groups in total. The number of likely N-dealkylation sites (N-methyl/N-ethyl adjacent to an activating group) is 1. The summed E-state index contributed by atoms with van der Waals surface area (Å²) >= 11 is 12.0. The van der Waals surface area contributed by atoms with Gasteiger partial charge < -0.3 is 15.7 Å². The summed E-state index contributed by atoms with van der Waals surface area (Å²) in [5.41, 5.74) is 0.913. The third-order valence-electron chi connectivity index (χ3n) is 5.24. The van der Waals surface area contributed by atoms with Crippen molar-refractivity contribution in [3.05, 3.63) is 70.8 Å². The van der Waals surface area contributed by atoms with Gasteiger partial charge in [-0.05, 0) is 61.6 Å². The van der Waals surface area contributed by atoms with E-state index in [2.05, 4.69) is 20.8 Å². The number of anilines is 2. The molecule has 4 rings (SSSR count). The van der Waals surface area contributed by atoms with Crippen LogP contribution in [0, 0.1) is 0 Å². The highest BCUT2D eigenvalue weighted by atomic mass is 35.5. The van der Waals surface area contributed by atoms with Crippen LogP contribution in [0.2, 0.25) is 10.0 Å². The predicted molar refractivity (Wildman–Crippen MR) is 140 cm³/mol. The molecule has 2 aromatic heterocycles. The van der Waals surface area contributed by atoms with E-state index in [1.165, 1.54) is 24.3 Å². The maximum atomic E-state index is 13.4. The molecule has 0 fully saturated rings. The number of benzene rings is 2. The number of fused-ring (bicyclic) bond motifs is 1. The Kier molecular flexibility index (Phi) is 7.65. The zero-order chi connectivity index (χ0) is 25.9. The number of nitrogens with zero attached hydrogens (tertiary/aromatic N) is 4. The van der Waals surface area contributed by atoms with E-state index in [0.29, 0.717) is 23.6 Å². The largest absolute Gasteiger partial charge is 0.480 e. The van der Waals surface area contributed by atoms with Crippen LogP contribution < -0.4 is 14.9 Å². The number of hydrogen-bond acceptors (Lipinski definition) is 7. The second-order valence-electron chi connectivity index (χ2n) is 7.75. The number of aliphatic carboxylic acids is 1. The lowest BCUT2D eigenvalue weighted by atomic mass is 10.2. The molecule has 0 aliphatic rings. The third kappa shape index (κ3) is 5.54. The average Bonchev–Trinajstić information content (AvgIpc) is 3.25. The molecule has 0 amide bonds. The summed E-state index contributed by atoms with van der Waals surface area (Å²) in [6.45, 7) is 0.704. The molecule has 2 aromatic carbocycles. The lowest BCUT2D eigenvalue weighted by Gasteiger charge is -2.23. The van der Waals surface area contributed by atoms with Crippen LogP contribution in [0.15, 0.2) is 65.7 Å². The first kappa shape index (κ1) is 25.7. The van der Waals surface area contributed by atoms with Crippen molar-refractivity contribution in [2.24, 2.45) is 0 Å². The minimum Gasteiger partial charge on any atom is -0.480 e. The Morgan fingerprint density at radius 2 is 1.78 bits per heavy atom. The summed E-state index contributed by atoms with van der Waals surface area (Å²) in [7, 11) is -2.42. The lowest BCUT2D eigenvalue weighted by Crippen LogP contribution is -2.35. The van der Waals surface area contributed by atoms with Gasteiger partial charge in [-0.1, -0.05) is 23.2 Å². The normalized spacial score (nSPS) is 11.5. The summed E-state index contributed by atoms with van der Waals surface area (Å²) in [6, 6.07) is 14.1. The first-order valence-corrected chi connectivity index (χ1v) is 12.9. The standard InChI is InChI=1S/C23H22Cl2N6O4S/c1-26-7-8-27-21-4-5-22(29-28-21)30-9-6-15-10-18(2-3-20(15)30)31(14-23(32)33)36(34,35)19-12-16(24)11-17(25)13-19/h2-6,9-13,26H,7-8,14H2,1H3,(H,27,28)(H,32,33). The number of carboxylic acid groups (broad SMARTS) is 1. The predicted octanol–water partition coefficient (Wildman–Crippen LogP) is 3.64. The van der Waals surface area contributed by atoms with Crippen LogP contribution in [0.1, 0.15) is 0 Å². The lowest BCUT2D eigenvalue weighted by molar-refractivity contribution is -0.135. The van der Waals surface area contributed by atoms with Gasteiger partial charge in [-0.25, -0.2) is 8.42 Å². The molecule has 0 unspecified atom stereocenters. The Morgan fingerprint density at radius 1 is 1.03 bits per heavy atom. The van der Waals surface area contributed by atoms with Gasteiger partial charge in [-0.3, -0.25) is 13.7 Å². The van der Waals surface area contributed by atoms with E-state index in [1.54, 1.807) is 29.0 Å². The van der Waals surface area contributed by atoms with Crippen molar-refractivity contribution >= 4 is 61.6 Å². The van der Waals surface area contributed by atoms with E-state index in [1.807, 2.05) is 19.2 Å². The maximum absolute atomic E-state index is 13.4. The zero-order valence-electron chi connectivity index (χ0n) is 19.0. The van der Waals surface area contributed by atoms with Crippen molar-refractivity contribution in [2.75, 3.05) is 36.3 Å². The van der Waals surface area contributed by atoms with E-state index < -0.39 is 22.5 Å². The minimum absolute atomic E-state index is 0.119. The number of hydrogen-bond donors (Lipinski definition) is 3. The SMILES string of the molecule is CNCCNc1ccc(-n2ccc3cc(N(CC(=O)O)S(=O)(=O)c4cc(Cl)cc(Cl)c4)ccc32)nn1. The van der Waals surface area contributed by atoms with Crippen LogP contribution >= 0.6 is 23.2 Å². The van der Waals surface area contributed by atoms with Gasteiger partial charge in [0.05, 0.1) is 16.1 Å². The summed E-state index contributed by atoms with van der Waals surface area (Å²) in [6.07, 6.45) is 1.78. The monoisotopic (exact) mass is 548 g/mol. The van der Waals surface area contributed by atoms with Gasteiger partial charge in [0, 0.05) is 34.7 Å². The molecule has 0 aliphatic heterocycles. The molecule has 10 nitrogen and oxygen atoms in total. The van der Waals surface area contributed by atoms with E-state index >= 15 is 0 Å². The van der Waals surface area contributed by atoms with E-state index in [-0.39, 0.29) is 20.6 Å². The van der Waals surface area contributed by atoms with Crippen LogP contribution in [-0.2, 0) is 14.8 Å². The zero-order valence-corrected chi connectivity index (χ0v) is 21.3. The summed E-state index contributed by atoms with van der Waals surface area (Å²) in [5.74, 6) is -0.105. The van der Waals surface area contributed by atoms with Gasteiger partial charge in [0.2, 0.25) is 0 Å². The van der Waals surface area contributed by atoms with E-state index in [0.717, 1.165) is 16.4 Å². The van der Waals surface area contributed by atoms with Crippen LogP contribution in [0.3, 0.4) is 0 Å². The number of aromatic nitrogens is 3. The van der Waals surface area contributed by atoms with Crippen molar-refractivity contribution in [3.63, 3.8) is 0 Å². The van der Waals surface area contributed by atoms with Gasteiger partial charge in [0.15, 0.2) is 5.82 Å². The van der Waals surface area contributed by atoms with Crippen molar-refractivity contribution in [1.29, 1.82) is 0 Å². The average molecular weight is 549 g/mol. The fraction of sp³-hybridized carbons (Fsp3) is 0.174. The minimum atomic E-state index is -4.28. The number of rotatable bonds is 10. The van der Waals surface area contributed by atoms with Gasteiger partial charge in [-0.15, -0.1) is 10.2 Å². The fourth-order valence-corrected chi connectivity index (χ4v) is 5.72. The molecule has 0 saturated carbocycles. The van der Waals surface area contributed by atoms with E-state index in [4.69, 9.17) is 23.2 Å². The number of carbonyl (C=O) groups is 1. The molecule has 0 aliphatic carbocycles. The fourth-order valence-electron chi connectivity index (χ4n) is 3.59. The number of halogens is 2. The van der Waals surface area contributed by atoms with Gasteiger partial charge in [0.25, 0.3) is 10.0 Å². The Morgan fingerprint density at radius 3 is 2.42 bits per heavy atom. The summed E-state index contributed by atoms with van der Waals surface area (Å²) in [5, 5.41) is 25.0. The maximum Gasteiger partial charge on any atom is 0.324 e. The Hall–Kier alpha value is -3.38. The Balaban J connectivity index is 1.69. The molecule has 0 radical (unpaired) electrons. The van der Waals surface area contributed by atoms with Crippen molar-refractivity contribution in [3.8, 4) is 5.82 Å². The molecule has 0 atom stereocenters. The van der Waals surface area contributed by atoms with Crippen molar-refractivity contribution in [1.82, 2.24) is 20.1 Å². The molecule has 188 valence electrons. The molecule has 0 saturated heterocycles. The van der Waals surface area contributed by atoms with Crippen LogP contribution in [0.5, 0.6) is 0 Å². The molecule has 36 heavy (non-hydrogen) atoms. The van der Waals surface area contributed by atoms with Crippen LogP contribution in [-0.4, -0.2) is 60.9 Å². The number of carboxylic acids is 1. The van der Waals surface area contributed by atoms with Crippen molar-refractivity contribution in [2.45, 2.75) is 4.90 Å². The highest BCUT2D eigenvalue weighted by molar-refractivity contribution is 7.92. The molecule has 2 heterocycles. The molecule has 0 bridgehead atoms. The highest BCUT2D eigenvalue weighted by Gasteiger charge is 2.28. The topological polar surface area (TPSA) is 129 Å². The molecule has 0 spiro atoms. The first-order chi connectivity index (χ1) is 17.2. The molecule has 13 heteroatoms. The van der Waals surface area contributed by atoms with Crippen LogP contribution in [0.25, 0.3) is 16.7 Å². The first-order valence-electron chi connectivity index (χ1n) is 10.7. The second-order valence-corrected chi connectivity index (χ2v) is 10.5. The molecular weight excluding hydrogens is 527 g/mol. The van der Waals surface area contributed by atoms with Crippen LogP contribution in [0.4, 0.5) is 11.5 Å². The Labute approximate surface area is 217 Å². The Bertz CT molecular complexity index is 1490. The smallest absolute Gasteiger partial charge is 0.324 e. The number of nitrogens with one attached hydrogen (secondary N) is 2. The third-order valence-corrected chi connectivity index (χ3v) is 7.43. The second kappa shape index (κ2) is 10.7. The summed E-state index contributed by atoms with van der Waals surface area (Å²) in [4.78, 5) is 11.4. The molecule has 4 aromatic rings. The van der Waals surface area contributed by atoms with Crippen molar-refractivity contribution < 1.29 is 18.3 Å². The number of sulfonamides is 1. The summed E-state index contributed by atoms with van der Waals surface area (Å²) < 4.78 is 29.4. The van der Waals surface area contributed by atoms with E-state index in [9.17, 15) is 18.3 Å². The van der Waals surface area contributed by atoms with Gasteiger partial charge >= 0.3 is 5.97 Å². The molecular formula is C23H22Cl2N6O4S.